The van der Waals surface area contributed by atoms with Crippen molar-refractivity contribution in [3.05, 3.63) is 27.7 Å². The van der Waals surface area contributed by atoms with Gasteiger partial charge in [0.05, 0.1) is 15.6 Å². The molecule has 1 aliphatic rings. The molecule has 1 heterocycles. The first-order valence-corrected chi connectivity index (χ1v) is 6.53. The van der Waals surface area contributed by atoms with Gasteiger partial charge in [-0.2, -0.15) is 0 Å². The Morgan fingerprint density at radius 2 is 2.05 bits per heavy atom. The number of nitrogens with one attached hydrogen (secondary N) is 2. The van der Waals surface area contributed by atoms with Gasteiger partial charge in [0.2, 0.25) is 11.8 Å². The summed E-state index contributed by atoms with van der Waals surface area (Å²) < 4.78 is 0. The summed E-state index contributed by atoms with van der Waals surface area (Å²) in [5.41, 5.74) is 5.97. The highest BCUT2D eigenvalue weighted by molar-refractivity contribution is 6.44. The molecule has 0 aromatic heterocycles. The van der Waals surface area contributed by atoms with Crippen molar-refractivity contribution in [2.75, 3.05) is 5.73 Å². The predicted molar refractivity (Wildman–Crippen MR) is 74.5 cm³/mol. The second-order valence-corrected chi connectivity index (χ2v) is 5.13. The van der Waals surface area contributed by atoms with E-state index < -0.39 is 17.9 Å². The Hall–Kier alpha value is -1.79. The molecule has 1 unspecified atom stereocenters. The third-order valence-corrected chi connectivity index (χ3v) is 3.64. The van der Waals surface area contributed by atoms with Crippen molar-refractivity contribution < 1.29 is 14.4 Å². The molecule has 0 saturated carbocycles. The summed E-state index contributed by atoms with van der Waals surface area (Å²) >= 11 is 11.8. The van der Waals surface area contributed by atoms with Crippen molar-refractivity contribution in [3.63, 3.8) is 0 Å². The summed E-state index contributed by atoms with van der Waals surface area (Å²) in [6, 6.07) is 2.01. The molecule has 1 atom stereocenters. The summed E-state index contributed by atoms with van der Waals surface area (Å²) in [5.74, 6) is -1.47. The molecule has 4 N–H and O–H groups in total. The first-order valence-electron chi connectivity index (χ1n) is 5.77. The number of carbonyl (C=O) groups is 3. The van der Waals surface area contributed by atoms with Gasteiger partial charge >= 0.3 is 0 Å². The zero-order valence-electron chi connectivity index (χ0n) is 10.2. The summed E-state index contributed by atoms with van der Waals surface area (Å²) in [6.45, 7) is 0. The smallest absolute Gasteiger partial charge is 0.253 e. The second kappa shape index (κ2) is 5.68. The number of amides is 3. The average Bonchev–Trinajstić information content (AvgIpc) is 2.37. The number of halogens is 2. The molecule has 1 fully saturated rings. The van der Waals surface area contributed by atoms with Crippen LogP contribution >= 0.6 is 23.2 Å². The molecular weight excluding hydrogens is 305 g/mol. The number of nitrogen functional groups attached to an aromatic ring is 1. The summed E-state index contributed by atoms with van der Waals surface area (Å²) in [4.78, 5) is 34.7. The van der Waals surface area contributed by atoms with E-state index in [1.165, 1.54) is 12.1 Å². The number of rotatable bonds is 2. The van der Waals surface area contributed by atoms with E-state index in [4.69, 9.17) is 28.9 Å². The van der Waals surface area contributed by atoms with E-state index in [1.807, 2.05) is 0 Å². The fourth-order valence-electron chi connectivity index (χ4n) is 1.84. The summed E-state index contributed by atoms with van der Waals surface area (Å²) in [5, 5.41) is 4.86. The lowest BCUT2D eigenvalue weighted by molar-refractivity contribution is -0.134. The maximum atomic E-state index is 12.1. The van der Waals surface area contributed by atoms with Crippen LogP contribution in [-0.2, 0) is 9.59 Å². The van der Waals surface area contributed by atoms with Gasteiger partial charge in [-0.25, -0.2) is 0 Å². The van der Waals surface area contributed by atoms with E-state index in [9.17, 15) is 14.4 Å². The predicted octanol–water partition coefficient (Wildman–Crippen LogP) is 1.11. The van der Waals surface area contributed by atoms with Crippen LogP contribution in [0.3, 0.4) is 0 Å². The summed E-state index contributed by atoms with van der Waals surface area (Å²) in [6.07, 6.45) is 0.409. The molecule has 0 radical (unpaired) electrons. The van der Waals surface area contributed by atoms with E-state index in [0.717, 1.165) is 0 Å². The number of imide groups is 1. The Morgan fingerprint density at radius 3 is 2.70 bits per heavy atom. The van der Waals surface area contributed by atoms with E-state index >= 15 is 0 Å². The molecule has 8 heteroatoms. The number of hydrogen-bond donors (Lipinski definition) is 3. The third kappa shape index (κ3) is 3.02. The van der Waals surface area contributed by atoms with Gasteiger partial charge in [0.15, 0.2) is 0 Å². The molecule has 1 aromatic rings. The maximum absolute atomic E-state index is 12.1. The first-order chi connectivity index (χ1) is 9.38. The van der Waals surface area contributed by atoms with Gasteiger partial charge in [-0.1, -0.05) is 23.2 Å². The third-order valence-electron chi connectivity index (χ3n) is 2.84. The van der Waals surface area contributed by atoms with E-state index in [-0.39, 0.29) is 40.0 Å². The van der Waals surface area contributed by atoms with Crippen LogP contribution in [0.5, 0.6) is 0 Å². The molecule has 20 heavy (non-hydrogen) atoms. The van der Waals surface area contributed by atoms with Crippen molar-refractivity contribution in [3.8, 4) is 0 Å². The highest BCUT2D eigenvalue weighted by Crippen LogP contribution is 2.28. The zero-order valence-corrected chi connectivity index (χ0v) is 11.7. The van der Waals surface area contributed by atoms with Crippen LogP contribution in [-0.4, -0.2) is 23.8 Å². The van der Waals surface area contributed by atoms with Crippen molar-refractivity contribution >= 4 is 46.6 Å². The monoisotopic (exact) mass is 315 g/mol. The topological polar surface area (TPSA) is 101 Å². The molecule has 6 nitrogen and oxygen atoms in total. The molecule has 0 aliphatic carbocycles. The SMILES string of the molecule is Nc1cc(Cl)c(Cl)c(C(=O)NC2CCC(=O)NC2=O)c1. The molecule has 3 amide bonds. The van der Waals surface area contributed by atoms with Crippen LogP contribution in [0.1, 0.15) is 23.2 Å². The molecule has 1 saturated heterocycles. The largest absolute Gasteiger partial charge is 0.399 e. The zero-order chi connectivity index (χ0) is 14.9. The molecule has 1 aromatic carbocycles. The van der Waals surface area contributed by atoms with Crippen LogP contribution in [0.2, 0.25) is 10.0 Å². The van der Waals surface area contributed by atoms with Gasteiger partial charge in [0, 0.05) is 12.1 Å². The number of hydrogen-bond acceptors (Lipinski definition) is 4. The number of carbonyl (C=O) groups excluding carboxylic acids is 3. The quantitative estimate of drug-likeness (QED) is 0.562. The van der Waals surface area contributed by atoms with Gasteiger partial charge in [-0.15, -0.1) is 0 Å². The standard InChI is InChI=1S/C12H11Cl2N3O3/c13-7-4-5(15)3-6(10(7)14)11(19)16-8-1-2-9(18)17-12(8)20/h3-4,8H,1-2,15H2,(H,16,19)(H,17,18,20). The maximum Gasteiger partial charge on any atom is 0.253 e. The lowest BCUT2D eigenvalue weighted by Gasteiger charge is -2.22. The fraction of sp³-hybridized carbons (Fsp3) is 0.250. The minimum absolute atomic E-state index is 0.0608. The molecule has 2 rings (SSSR count). The van der Waals surface area contributed by atoms with Crippen molar-refractivity contribution in [1.82, 2.24) is 10.6 Å². The van der Waals surface area contributed by atoms with E-state index in [2.05, 4.69) is 10.6 Å². The normalized spacial score (nSPS) is 18.6. The Bertz CT molecular complexity index is 604. The van der Waals surface area contributed by atoms with Gasteiger partial charge in [-0.05, 0) is 18.6 Å². The fourth-order valence-corrected chi connectivity index (χ4v) is 2.27. The van der Waals surface area contributed by atoms with Crippen LogP contribution in [0.4, 0.5) is 5.69 Å². The highest BCUT2D eigenvalue weighted by Gasteiger charge is 2.28. The minimum Gasteiger partial charge on any atom is -0.399 e. The molecule has 1 aliphatic heterocycles. The number of benzene rings is 1. The van der Waals surface area contributed by atoms with Crippen LogP contribution < -0.4 is 16.4 Å². The van der Waals surface area contributed by atoms with Gasteiger partial charge in [0.1, 0.15) is 6.04 Å². The first kappa shape index (κ1) is 14.6. The Balaban J connectivity index is 2.17. The molecular formula is C12H11Cl2N3O3. The lowest BCUT2D eigenvalue weighted by Crippen LogP contribution is -2.52. The number of piperidine rings is 1. The molecule has 0 spiro atoms. The van der Waals surface area contributed by atoms with Crippen LogP contribution in [0.25, 0.3) is 0 Å². The van der Waals surface area contributed by atoms with Gasteiger partial charge in [-0.3, -0.25) is 19.7 Å². The van der Waals surface area contributed by atoms with Crippen LogP contribution in [0.15, 0.2) is 12.1 Å². The van der Waals surface area contributed by atoms with E-state index in [1.54, 1.807) is 0 Å². The van der Waals surface area contributed by atoms with Crippen molar-refractivity contribution in [2.24, 2.45) is 0 Å². The van der Waals surface area contributed by atoms with E-state index in [0.29, 0.717) is 0 Å². The number of anilines is 1. The Morgan fingerprint density at radius 1 is 1.35 bits per heavy atom. The summed E-state index contributed by atoms with van der Waals surface area (Å²) in [7, 11) is 0. The lowest BCUT2D eigenvalue weighted by atomic mass is 10.1. The molecule has 106 valence electrons. The van der Waals surface area contributed by atoms with Gasteiger partial charge in [0.25, 0.3) is 5.91 Å². The van der Waals surface area contributed by atoms with Crippen LogP contribution in [0, 0.1) is 0 Å². The Kier molecular flexibility index (Phi) is 4.15. The average molecular weight is 316 g/mol. The number of nitrogens with two attached hydrogens (primary N) is 1. The molecule has 0 bridgehead atoms. The van der Waals surface area contributed by atoms with Gasteiger partial charge < -0.3 is 11.1 Å². The minimum atomic E-state index is -0.781. The highest BCUT2D eigenvalue weighted by atomic mass is 35.5. The van der Waals surface area contributed by atoms with Crippen molar-refractivity contribution in [1.29, 1.82) is 0 Å². The second-order valence-electron chi connectivity index (χ2n) is 4.34. The van der Waals surface area contributed by atoms with Crippen molar-refractivity contribution in [2.45, 2.75) is 18.9 Å². The Labute approximate surface area is 124 Å².